The number of rotatable bonds is 7. The van der Waals surface area contributed by atoms with E-state index in [1.54, 1.807) is 20.5 Å². The van der Waals surface area contributed by atoms with Crippen molar-refractivity contribution in [3.8, 4) is 11.5 Å². The number of benzene rings is 1. The number of ether oxygens (including phenoxy) is 2. The number of hydrogen-bond acceptors (Lipinski definition) is 6. The molecule has 1 amide bonds. The fourth-order valence-electron chi connectivity index (χ4n) is 7.91. The molecule has 2 heterocycles. The predicted octanol–water partition coefficient (Wildman–Crippen LogP) is 4.60. The number of nitrogens with one attached hydrogen (secondary N) is 1. The number of carbonyl (C=O) groups excluding carboxylic acids is 1. The zero-order valence-electron chi connectivity index (χ0n) is 20.9. The average Bonchev–Trinajstić information content (AvgIpc) is 2.82. The second kappa shape index (κ2) is 9.08. The molecule has 0 atom stereocenters. The molecule has 4 aliphatic carbocycles. The van der Waals surface area contributed by atoms with Crippen LogP contribution < -0.4 is 14.8 Å². The Bertz CT molecular complexity index is 1080. The Hall–Kier alpha value is -2.67. The van der Waals surface area contributed by atoms with Gasteiger partial charge in [-0.1, -0.05) is 6.07 Å². The fourth-order valence-corrected chi connectivity index (χ4v) is 7.91. The van der Waals surface area contributed by atoms with Crippen LogP contribution in [0.4, 0.5) is 5.82 Å². The van der Waals surface area contributed by atoms with E-state index in [2.05, 4.69) is 26.3 Å². The molecule has 5 aliphatic rings. The first-order valence-electron chi connectivity index (χ1n) is 13.1. The summed E-state index contributed by atoms with van der Waals surface area (Å²) in [7, 11) is 3.31. The molecule has 4 saturated carbocycles. The molecule has 1 aromatic carbocycles. The van der Waals surface area contributed by atoms with Crippen LogP contribution >= 0.6 is 0 Å². The Morgan fingerprint density at radius 2 is 1.77 bits per heavy atom. The lowest BCUT2D eigenvalue weighted by Crippen LogP contribution is -2.47. The minimum Gasteiger partial charge on any atom is -0.493 e. The minimum absolute atomic E-state index is 0.139. The van der Waals surface area contributed by atoms with E-state index >= 15 is 0 Å². The molecular weight excluding hydrogens is 440 g/mol. The summed E-state index contributed by atoms with van der Waals surface area (Å²) in [6.45, 7) is 2.44. The maximum Gasteiger partial charge on any atom is 0.226 e. The van der Waals surface area contributed by atoms with Crippen LogP contribution in [0.15, 0.2) is 24.5 Å². The Morgan fingerprint density at radius 3 is 2.46 bits per heavy atom. The first kappa shape index (κ1) is 22.8. The Morgan fingerprint density at radius 1 is 1.06 bits per heavy atom. The molecule has 4 fully saturated rings. The van der Waals surface area contributed by atoms with E-state index in [9.17, 15) is 4.79 Å². The number of fused-ring (bicyclic) bond motifs is 1. The molecule has 7 nitrogen and oxygen atoms in total. The van der Waals surface area contributed by atoms with E-state index in [4.69, 9.17) is 9.47 Å². The van der Waals surface area contributed by atoms with Gasteiger partial charge in [-0.15, -0.1) is 0 Å². The molecule has 7 rings (SSSR count). The van der Waals surface area contributed by atoms with Crippen LogP contribution in [0.1, 0.15) is 61.8 Å². The van der Waals surface area contributed by atoms with E-state index in [1.807, 2.05) is 12.1 Å². The summed E-state index contributed by atoms with van der Waals surface area (Å²) < 4.78 is 10.8. The van der Waals surface area contributed by atoms with Crippen molar-refractivity contribution in [3.05, 3.63) is 41.3 Å². The Balaban J connectivity index is 1.11. The molecule has 186 valence electrons. The maximum absolute atomic E-state index is 13.2. The third-order valence-corrected chi connectivity index (χ3v) is 8.90. The first-order valence-corrected chi connectivity index (χ1v) is 13.1. The zero-order chi connectivity index (χ0) is 24.0. The summed E-state index contributed by atoms with van der Waals surface area (Å²) in [6, 6.07) is 6.06. The van der Waals surface area contributed by atoms with Crippen molar-refractivity contribution in [3.63, 3.8) is 0 Å². The average molecular weight is 477 g/mol. The third kappa shape index (κ3) is 4.51. The van der Waals surface area contributed by atoms with Crippen molar-refractivity contribution < 1.29 is 14.3 Å². The van der Waals surface area contributed by atoms with Crippen molar-refractivity contribution in [1.29, 1.82) is 0 Å². The van der Waals surface area contributed by atoms with E-state index < -0.39 is 0 Å². The minimum atomic E-state index is 0.139. The lowest BCUT2D eigenvalue weighted by atomic mass is 9.49. The molecule has 4 bridgehead atoms. The lowest BCUT2D eigenvalue weighted by molar-refractivity contribution is -0.124. The van der Waals surface area contributed by atoms with E-state index in [0.29, 0.717) is 6.42 Å². The summed E-state index contributed by atoms with van der Waals surface area (Å²) in [4.78, 5) is 24.6. The number of hydrogen-bond donors (Lipinski definition) is 1. The Labute approximate surface area is 207 Å². The second-order valence-corrected chi connectivity index (χ2v) is 11.4. The summed E-state index contributed by atoms with van der Waals surface area (Å²) in [5.41, 5.74) is 3.51. The van der Waals surface area contributed by atoms with Gasteiger partial charge in [0, 0.05) is 31.6 Å². The van der Waals surface area contributed by atoms with Gasteiger partial charge in [0.15, 0.2) is 11.5 Å². The standard InChI is InChI=1S/C28H36N4O3/c1-34-24-4-3-18(10-25(24)35-2)15-32-6-5-22-23(16-32)29-17-30-27(22)31-26(33)14-28-11-19-7-20(12-28)9-21(8-19)13-28/h3-4,10,17,19-21H,5-9,11-16H2,1-2H3,(H,29,30,31,33). The van der Waals surface area contributed by atoms with Crippen LogP contribution in [-0.4, -0.2) is 41.5 Å². The monoisotopic (exact) mass is 476 g/mol. The number of methoxy groups -OCH3 is 2. The SMILES string of the molecule is COc1ccc(CN2CCc3c(ncnc3NC(=O)CC34CC5CC(CC(C5)C3)C4)C2)cc1OC. The molecule has 7 heteroatoms. The number of anilines is 1. The topological polar surface area (TPSA) is 76.6 Å². The van der Waals surface area contributed by atoms with Crippen LogP contribution in [0.5, 0.6) is 11.5 Å². The molecule has 35 heavy (non-hydrogen) atoms. The van der Waals surface area contributed by atoms with Crippen molar-refractivity contribution in [2.75, 3.05) is 26.1 Å². The van der Waals surface area contributed by atoms with Gasteiger partial charge in [0.25, 0.3) is 0 Å². The highest BCUT2D eigenvalue weighted by Crippen LogP contribution is 2.61. The Kier molecular flexibility index (Phi) is 5.91. The molecule has 0 saturated heterocycles. The van der Waals surface area contributed by atoms with Gasteiger partial charge >= 0.3 is 0 Å². The molecule has 0 unspecified atom stereocenters. The first-order chi connectivity index (χ1) is 17.0. The van der Waals surface area contributed by atoms with E-state index in [0.717, 1.165) is 72.4 Å². The van der Waals surface area contributed by atoms with Crippen molar-refractivity contribution in [2.45, 2.75) is 64.5 Å². The fraction of sp³-hybridized carbons (Fsp3) is 0.607. The second-order valence-electron chi connectivity index (χ2n) is 11.4. The zero-order valence-corrected chi connectivity index (χ0v) is 20.9. The summed E-state index contributed by atoms with van der Waals surface area (Å²) in [5, 5.41) is 3.20. The normalized spacial score (nSPS) is 29.0. The van der Waals surface area contributed by atoms with Gasteiger partial charge in [-0.2, -0.15) is 0 Å². The quantitative estimate of drug-likeness (QED) is 0.630. The van der Waals surface area contributed by atoms with Crippen molar-refractivity contribution in [1.82, 2.24) is 14.9 Å². The molecule has 0 spiro atoms. The van der Waals surface area contributed by atoms with Crippen LogP contribution in [0.25, 0.3) is 0 Å². The van der Waals surface area contributed by atoms with Crippen molar-refractivity contribution in [2.24, 2.45) is 23.2 Å². The predicted molar refractivity (Wildman–Crippen MR) is 133 cm³/mol. The number of aromatic nitrogens is 2. The van der Waals surface area contributed by atoms with Gasteiger partial charge in [-0.05, 0) is 85.8 Å². The summed E-state index contributed by atoms with van der Waals surface area (Å²) in [6.07, 6.45) is 11.0. The van der Waals surface area contributed by atoms with Gasteiger partial charge in [-0.3, -0.25) is 9.69 Å². The molecule has 1 aliphatic heterocycles. The van der Waals surface area contributed by atoms with Gasteiger partial charge in [0.05, 0.1) is 19.9 Å². The highest BCUT2D eigenvalue weighted by Gasteiger charge is 2.51. The molecule has 2 aromatic rings. The van der Waals surface area contributed by atoms with Gasteiger partial charge in [0.2, 0.25) is 5.91 Å². The smallest absolute Gasteiger partial charge is 0.226 e. The van der Waals surface area contributed by atoms with Crippen LogP contribution in [0, 0.1) is 23.2 Å². The molecule has 1 N–H and O–H groups in total. The lowest BCUT2D eigenvalue weighted by Gasteiger charge is -2.56. The highest BCUT2D eigenvalue weighted by molar-refractivity contribution is 5.91. The molecular formula is C28H36N4O3. The van der Waals surface area contributed by atoms with E-state index in [1.165, 1.54) is 44.1 Å². The van der Waals surface area contributed by atoms with Crippen molar-refractivity contribution >= 4 is 11.7 Å². The van der Waals surface area contributed by atoms with Crippen LogP contribution in [0.3, 0.4) is 0 Å². The molecule has 0 radical (unpaired) electrons. The number of carbonyl (C=O) groups is 1. The highest BCUT2D eigenvalue weighted by atomic mass is 16.5. The largest absolute Gasteiger partial charge is 0.493 e. The van der Waals surface area contributed by atoms with Gasteiger partial charge in [0.1, 0.15) is 12.1 Å². The maximum atomic E-state index is 13.2. The number of nitrogens with zero attached hydrogens (tertiary/aromatic N) is 3. The van der Waals surface area contributed by atoms with Gasteiger partial charge in [-0.25, -0.2) is 9.97 Å². The summed E-state index contributed by atoms with van der Waals surface area (Å²) in [5.74, 6) is 4.92. The van der Waals surface area contributed by atoms with Crippen LogP contribution in [0.2, 0.25) is 0 Å². The summed E-state index contributed by atoms with van der Waals surface area (Å²) >= 11 is 0. The number of amides is 1. The third-order valence-electron chi connectivity index (χ3n) is 8.90. The van der Waals surface area contributed by atoms with Crippen LogP contribution in [-0.2, 0) is 24.3 Å². The van der Waals surface area contributed by atoms with Gasteiger partial charge < -0.3 is 14.8 Å². The van der Waals surface area contributed by atoms with E-state index in [-0.39, 0.29) is 11.3 Å². The molecule has 1 aromatic heterocycles.